The maximum Gasteiger partial charge on any atom is 0.348 e. The largest absolute Gasteiger partial charge is 0.391 e. The average molecular weight is 237 g/mol. The molecule has 3 N–H and O–H groups in total. The summed E-state index contributed by atoms with van der Waals surface area (Å²) in [5, 5.41) is 18.8. The van der Waals surface area contributed by atoms with Crippen molar-refractivity contribution in [3.63, 3.8) is 0 Å². The van der Waals surface area contributed by atoms with Gasteiger partial charge in [-0.15, -0.1) is 0 Å². The number of anilines is 1. The summed E-state index contributed by atoms with van der Waals surface area (Å²) < 4.78 is 1.31. The second-order valence-corrected chi connectivity index (χ2v) is 4.55. The average Bonchev–Trinajstić information content (AvgIpc) is 2.59. The number of nitrogens with zero attached hydrogens (tertiary/aromatic N) is 3. The third-order valence-corrected chi connectivity index (χ3v) is 2.80. The lowest BCUT2D eigenvalue weighted by atomic mass is 9.99. The Balaban J connectivity index is 2.34. The molecule has 7 heteroatoms. The minimum atomic E-state index is -0.540. The summed E-state index contributed by atoms with van der Waals surface area (Å²) in [4.78, 5) is 15.3. The fraction of sp³-hybridized carbons (Fsp3) is 0.500. The molecule has 0 fully saturated rings. The van der Waals surface area contributed by atoms with Gasteiger partial charge in [0, 0.05) is 6.07 Å². The number of aromatic nitrogens is 4. The van der Waals surface area contributed by atoms with Gasteiger partial charge in [0.05, 0.1) is 11.6 Å². The van der Waals surface area contributed by atoms with Gasteiger partial charge in [0.2, 0.25) is 0 Å². The van der Waals surface area contributed by atoms with Gasteiger partial charge in [0.25, 0.3) is 0 Å². The number of nitrogens with one attached hydrogen (secondary N) is 2. The van der Waals surface area contributed by atoms with E-state index in [1.807, 2.05) is 13.8 Å². The van der Waals surface area contributed by atoms with Crippen LogP contribution in [0.4, 0.5) is 5.82 Å². The Labute approximate surface area is 97.5 Å². The van der Waals surface area contributed by atoms with E-state index in [0.29, 0.717) is 11.5 Å². The standard InChI is InChI=1S/C10H15N5O2/c1-6(16)10(2,3)12-7-4-8-13-14-9(17)15(8)5-11-7/h4-6,12,16H,1-3H3,(H,14,17). The topological polar surface area (TPSA) is 95.3 Å². The van der Waals surface area contributed by atoms with E-state index in [1.165, 1.54) is 10.7 Å². The first-order valence-electron chi connectivity index (χ1n) is 5.29. The first-order valence-corrected chi connectivity index (χ1v) is 5.29. The van der Waals surface area contributed by atoms with Gasteiger partial charge in [-0.1, -0.05) is 0 Å². The first kappa shape index (κ1) is 11.6. The van der Waals surface area contributed by atoms with Crippen LogP contribution in [0.5, 0.6) is 0 Å². The molecule has 1 unspecified atom stereocenters. The highest BCUT2D eigenvalue weighted by atomic mass is 16.3. The highest BCUT2D eigenvalue weighted by molar-refractivity contribution is 5.49. The van der Waals surface area contributed by atoms with Gasteiger partial charge < -0.3 is 10.4 Å². The number of H-pyrrole nitrogens is 1. The summed E-state index contributed by atoms with van der Waals surface area (Å²) in [6, 6.07) is 1.64. The molecule has 1 atom stereocenters. The number of aromatic amines is 1. The summed E-state index contributed by atoms with van der Waals surface area (Å²) in [5.41, 5.74) is -0.357. The molecule has 0 aliphatic heterocycles. The molecule has 2 rings (SSSR count). The molecule has 0 saturated carbocycles. The third kappa shape index (κ3) is 2.14. The molecule has 0 spiro atoms. The Hall–Kier alpha value is -1.89. The fourth-order valence-corrected chi connectivity index (χ4v) is 1.31. The van der Waals surface area contributed by atoms with Crippen LogP contribution in [0.15, 0.2) is 17.2 Å². The van der Waals surface area contributed by atoms with Crippen molar-refractivity contribution in [2.24, 2.45) is 0 Å². The van der Waals surface area contributed by atoms with E-state index in [4.69, 9.17) is 0 Å². The van der Waals surface area contributed by atoms with Crippen LogP contribution < -0.4 is 11.0 Å². The molecule has 0 radical (unpaired) electrons. The van der Waals surface area contributed by atoms with Crippen LogP contribution in [0.25, 0.3) is 5.65 Å². The van der Waals surface area contributed by atoms with Crippen molar-refractivity contribution in [2.45, 2.75) is 32.4 Å². The normalized spacial score (nSPS) is 13.9. The number of fused-ring (bicyclic) bond motifs is 1. The van der Waals surface area contributed by atoms with Crippen LogP contribution in [-0.4, -0.2) is 36.3 Å². The number of hydrogen-bond donors (Lipinski definition) is 3. The fourth-order valence-electron chi connectivity index (χ4n) is 1.31. The van der Waals surface area contributed by atoms with E-state index in [9.17, 15) is 9.90 Å². The maximum atomic E-state index is 11.2. The summed E-state index contributed by atoms with van der Waals surface area (Å²) in [6.45, 7) is 5.42. The molecule has 2 heterocycles. The lowest BCUT2D eigenvalue weighted by Crippen LogP contribution is -2.42. The second kappa shape index (κ2) is 3.85. The predicted octanol–water partition coefficient (Wildman–Crippen LogP) is -0.0111. The molecule has 7 nitrogen and oxygen atoms in total. The first-order chi connectivity index (χ1) is 7.90. The van der Waals surface area contributed by atoms with Crippen LogP contribution in [0.3, 0.4) is 0 Å². The Morgan fingerprint density at radius 3 is 2.94 bits per heavy atom. The predicted molar refractivity (Wildman–Crippen MR) is 63.0 cm³/mol. The van der Waals surface area contributed by atoms with E-state index in [-0.39, 0.29) is 5.69 Å². The molecule has 0 saturated heterocycles. The lowest BCUT2D eigenvalue weighted by Gasteiger charge is -2.29. The second-order valence-electron chi connectivity index (χ2n) is 4.55. The summed E-state index contributed by atoms with van der Waals surface area (Å²) >= 11 is 0. The SMILES string of the molecule is CC(O)C(C)(C)Nc1cc2n[nH]c(=O)n2cn1. The van der Waals surface area contributed by atoms with Crippen molar-refractivity contribution in [1.82, 2.24) is 19.6 Å². The van der Waals surface area contributed by atoms with E-state index < -0.39 is 11.6 Å². The molecular weight excluding hydrogens is 222 g/mol. The number of hydrogen-bond acceptors (Lipinski definition) is 5. The molecule has 2 aromatic rings. The lowest BCUT2D eigenvalue weighted by molar-refractivity contribution is 0.133. The molecule has 0 aliphatic rings. The van der Waals surface area contributed by atoms with Crippen LogP contribution in [-0.2, 0) is 0 Å². The van der Waals surface area contributed by atoms with Crippen LogP contribution in [0.2, 0.25) is 0 Å². The van der Waals surface area contributed by atoms with Gasteiger partial charge >= 0.3 is 5.69 Å². The molecule has 0 aromatic carbocycles. The molecule has 0 aliphatic carbocycles. The van der Waals surface area contributed by atoms with Gasteiger partial charge in [0.1, 0.15) is 12.1 Å². The minimum Gasteiger partial charge on any atom is -0.391 e. The molecular formula is C10H15N5O2. The van der Waals surface area contributed by atoms with Gasteiger partial charge in [-0.05, 0) is 20.8 Å². The monoisotopic (exact) mass is 237 g/mol. The van der Waals surface area contributed by atoms with Crippen molar-refractivity contribution in [1.29, 1.82) is 0 Å². The van der Waals surface area contributed by atoms with Gasteiger partial charge in [-0.25, -0.2) is 19.3 Å². The zero-order valence-electron chi connectivity index (χ0n) is 9.93. The highest BCUT2D eigenvalue weighted by Crippen LogP contribution is 2.16. The number of rotatable bonds is 3. The quantitative estimate of drug-likeness (QED) is 0.697. The molecule has 0 amide bonds. The molecule has 0 bridgehead atoms. The molecule has 2 aromatic heterocycles. The van der Waals surface area contributed by atoms with Gasteiger partial charge in [-0.3, -0.25) is 0 Å². The van der Waals surface area contributed by atoms with Gasteiger partial charge in [0.15, 0.2) is 5.65 Å². The highest BCUT2D eigenvalue weighted by Gasteiger charge is 2.24. The summed E-state index contributed by atoms with van der Waals surface area (Å²) in [6.07, 6.45) is 0.851. The van der Waals surface area contributed by atoms with Crippen LogP contribution in [0, 0.1) is 0 Å². The minimum absolute atomic E-state index is 0.325. The van der Waals surface area contributed by atoms with Crippen LogP contribution in [0.1, 0.15) is 20.8 Å². The Morgan fingerprint density at radius 2 is 2.29 bits per heavy atom. The number of aliphatic hydroxyl groups is 1. The Bertz CT molecular complexity index is 584. The van der Waals surface area contributed by atoms with Crippen molar-refractivity contribution in [3.8, 4) is 0 Å². The summed E-state index contributed by atoms with van der Waals surface area (Å²) in [7, 11) is 0. The van der Waals surface area contributed by atoms with Crippen molar-refractivity contribution < 1.29 is 5.11 Å². The van der Waals surface area contributed by atoms with E-state index in [1.54, 1.807) is 13.0 Å². The van der Waals surface area contributed by atoms with Crippen molar-refractivity contribution in [2.75, 3.05) is 5.32 Å². The zero-order valence-corrected chi connectivity index (χ0v) is 9.93. The summed E-state index contributed by atoms with van der Waals surface area (Å²) in [5.74, 6) is 0.558. The van der Waals surface area contributed by atoms with Gasteiger partial charge in [-0.2, -0.15) is 5.10 Å². The molecule has 92 valence electrons. The number of aliphatic hydroxyl groups excluding tert-OH is 1. The molecule has 17 heavy (non-hydrogen) atoms. The maximum absolute atomic E-state index is 11.2. The van der Waals surface area contributed by atoms with Crippen molar-refractivity contribution >= 4 is 11.5 Å². The third-order valence-electron chi connectivity index (χ3n) is 2.80. The van der Waals surface area contributed by atoms with Crippen molar-refractivity contribution in [3.05, 3.63) is 22.9 Å². The van der Waals surface area contributed by atoms with Crippen LogP contribution >= 0.6 is 0 Å². The van der Waals surface area contributed by atoms with E-state index in [2.05, 4.69) is 20.5 Å². The zero-order chi connectivity index (χ0) is 12.6. The van der Waals surface area contributed by atoms with E-state index in [0.717, 1.165) is 0 Å². The van der Waals surface area contributed by atoms with E-state index >= 15 is 0 Å². The smallest absolute Gasteiger partial charge is 0.348 e. The Morgan fingerprint density at radius 1 is 1.59 bits per heavy atom. The Kier molecular flexibility index (Phi) is 2.62.